The van der Waals surface area contributed by atoms with Crippen molar-refractivity contribution in [3.8, 4) is 17.3 Å². The molecule has 4 rings (SSSR count). The number of benzene rings is 1. The number of ether oxygens (including phenoxy) is 2. The van der Waals surface area contributed by atoms with Crippen LogP contribution < -0.4 is 4.74 Å². The number of aromatic nitrogens is 3. The van der Waals surface area contributed by atoms with Crippen molar-refractivity contribution in [1.29, 1.82) is 0 Å². The number of pyridine rings is 1. The number of hydrogen-bond acceptors (Lipinski definition) is 7. The van der Waals surface area contributed by atoms with E-state index < -0.39 is 12.2 Å². The first-order chi connectivity index (χ1) is 14.6. The molecule has 0 aliphatic carbocycles. The fourth-order valence-electron chi connectivity index (χ4n) is 3.66. The lowest BCUT2D eigenvalue weighted by Gasteiger charge is -2.38. The molecule has 0 spiro atoms. The van der Waals surface area contributed by atoms with Gasteiger partial charge in [-0.15, -0.1) is 0 Å². The topological polar surface area (TPSA) is 73.5 Å². The predicted molar refractivity (Wildman–Crippen MR) is 104 cm³/mol. The maximum atomic E-state index is 12.4. The molecular formula is C21H22F2N4O3. The molecule has 0 unspecified atom stereocenters. The van der Waals surface area contributed by atoms with Gasteiger partial charge in [0.05, 0.1) is 0 Å². The van der Waals surface area contributed by atoms with Crippen molar-refractivity contribution in [2.24, 2.45) is 0 Å². The van der Waals surface area contributed by atoms with Crippen LogP contribution in [0.5, 0.6) is 5.75 Å². The highest BCUT2D eigenvalue weighted by atomic mass is 19.3. The van der Waals surface area contributed by atoms with Crippen LogP contribution in [0, 0.1) is 0 Å². The number of alkyl halides is 2. The lowest BCUT2D eigenvalue weighted by atomic mass is 9.90. The smallest absolute Gasteiger partial charge is 0.387 e. The van der Waals surface area contributed by atoms with Crippen LogP contribution in [-0.2, 0) is 16.9 Å². The maximum Gasteiger partial charge on any atom is 0.387 e. The molecule has 0 bridgehead atoms. The molecule has 0 N–H and O–H groups in total. The monoisotopic (exact) mass is 416 g/mol. The van der Waals surface area contributed by atoms with Crippen LogP contribution in [0.1, 0.15) is 24.3 Å². The van der Waals surface area contributed by atoms with E-state index in [4.69, 9.17) is 9.26 Å². The molecule has 9 heteroatoms. The standard InChI is InChI=1S/C21H22F2N4O3/c1-28-21(19-25-18(26-30-19)17-7-2-3-10-24-17)8-11-27(12-9-21)14-15-5-4-6-16(13-15)29-20(22)23/h2-7,10,13,20H,8-9,11-12,14H2,1H3. The second kappa shape index (κ2) is 8.85. The third kappa shape index (κ3) is 4.47. The number of piperidine rings is 1. The van der Waals surface area contributed by atoms with Crippen LogP contribution in [0.3, 0.4) is 0 Å². The molecule has 158 valence electrons. The Morgan fingerprint density at radius 1 is 1.17 bits per heavy atom. The number of nitrogens with zero attached hydrogens (tertiary/aromatic N) is 4. The molecule has 1 aliphatic heterocycles. The molecule has 0 saturated carbocycles. The average molecular weight is 416 g/mol. The zero-order valence-corrected chi connectivity index (χ0v) is 16.5. The van der Waals surface area contributed by atoms with E-state index in [-0.39, 0.29) is 5.75 Å². The number of rotatable bonds is 7. The summed E-state index contributed by atoms with van der Waals surface area (Å²) in [7, 11) is 1.64. The van der Waals surface area contributed by atoms with Crippen LogP contribution in [0.15, 0.2) is 53.2 Å². The van der Waals surface area contributed by atoms with Gasteiger partial charge in [-0.3, -0.25) is 9.88 Å². The average Bonchev–Trinajstić information content (AvgIpc) is 3.26. The number of methoxy groups -OCH3 is 1. The fraction of sp³-hybridized carbons (Fsp3) is 0.381. The van der Waals surface area contributed by atoms with Crippen LogP contribution in [0.4, 0.5) is 8.78 Å². The lowest BCUT2D eigenvalue weighted by molar-refractivity contribution is -0.0839. The summed E-state index contributed by atoms with van der Waals surface area (Å²) < 4.78 is 40.7. The van der Waals surface area contributed by atoms with Crippen LogP contribution in [-0.4, -0.2) is 46.8 Å². The molecule has 3 heterocycles. The highest BCUT2D eigenvalue weighted by Gasteiger charge is 2.41. The van der Waals surface area contributed by atoms with Gasteiger partial charge < -0.3 is 14.0 Å². The zero-order valence-electron chi connectivity index (χ0n) is 16.5. The molecule has 1 aromatic carbocycles. The Balaban J connectivity index is 1.42. The largest absolute Gasteiger partial charge is 0.435 e. The minimum atomic E-state index is -2.83. The van der Waals surface area contributed by atoms with Crippen LogP contribution in [0.2, 0.25) is 0 Å². The van der Waals surface area contributed by atoms with E-state index in [1.165, 1.54) is 6.07 Å². The normalized spacial score (nSPS) is 16.7. The predicted octanol–water partition coefficient (Wildman–Crippen LogP) is 3.87. The molecule has 1 saturated heterocycles. The van der Waals surface area contributed by atoms with Crippen molar-refractivity contribution in [2.45, 2.75) is 31.6 Å². The summed E-state index contributed by atoms with van der Waals surface area (Å²) in [6.07, 6.45) is 3.01. The number of hydrogen-bond donors (Lipinski definition) is 0. The molecule has 2 aromatic heterocycles. The first-order valence-corrected chi connectivity index (χ1v) is 9.65. The lowest BCUT2D eigenvalue weighted by Crippen LogP contribution is -2.43. The molecular weight excluding hydrogens is 394 g/mol. The van der Waals surface area contributed by atoms with E-state index in [1.807, 2.05) is 24.3 Å². The van der Waals surface area contributed by atoms with Crippen molar-refractivity contribution in [1.82, 2.24) is 20.0 Å². The Kier molecular flexibility index (Phi) is 6.01. The van der Waals surface area contributed by atoms with E-state index in [0.717, 1.165) is 18.7 Å². The Hall–Kier alpha value is -2.91. The van der Waals surface area contributed by atoms with E-state index in [0.29, 0.717) is 36.8 Å². The third-order valence-corrected chi connectivity index (χ3v) is 5.29. The van der Waals surface area contributed by atoms with Crippen molar-refractivity contribution in [3.05, 3.63) is 60.1 Å². The van der Waals surface area contributed by atoms with Crippen molar-refractivity contribution < 1.29 is 22.8 Å². The SMILES string of the molecule is COC1(c2nc(-c3ccccn3)no2)CCN(Cc2cccc(OC(F)F)c2)CC1. The molecule has 3 aromatic rings. The van der Waals surface area contributed by atoms with Crippen molar-refractivity contribution in [3.63, 3.8) is 0 Å². The van der Waals surface area contributed by atoms with Gasteiger partial charge in [-0.25, -0.2) is 0 Å². The van der Waals surface area contributed by atoms with Gasteiger partial charge in [0.15, 0.2) is 0 Å². The second-order valence-corrected chi connectivity index (χ2v) is 7.14. The quantitative estimate of drug-likeness (QED) is 0.579. The van der Waals surface area contributed by atoms with Crippen molar-refractivity contribution >= 4 is 0 Å². The van der Waals surface area contributed by atoms with Crippen LogP contribution >= 0.6 is 0 Å². The molecule has 0 atom stereocenters. The number of halogens is 2. The zero-order chi connectivity index (χ0) is 21.0. The van der Waals surface area contributed by atoms with E-state index in [2.05, 4.69) is 24.8 Å². The second-order valence-electron chi connectivity index (χ2n) is 7.14. The summed E-state index contributed by atoms with van der Waals surface area (Å²) in [5, 5.41) is 4.06. The molecule has 0 amide bonds. The van der Waals surface area contributed by atoms with E-state index in [9.17, 15) is 8.78 Å². The van der Waals surface area contributed by atoms with Gasteiger partial charge in [-0.05, 0) is 42.7 Å². The van der Waals surface area contributed by atoms with E-state index in [1.54, 1.807) is 25.4 Å². The third-order valence-electron chi connectivity index (χ3n) is 5.29. The van der Waals surface area contributed by atoms with Gasteiger partial charge in [0.1, 0.15) is 17.0 Å². The molecule has 7 nitrogen and oxygen atoms in total. The van der Waals surface area contributed by atoms with Gasteiger partial charge in [-0.2, -0.15) is 13.8 Å². The Morgan fingerprint density at radius 2 is 2.00 bits per heavy atom. The molecule has 30 heavy (non-hydrogen) atoms. The fourth-order valence-corrected chi connectivity index (χ4v) is 3.66. The summed E-state index contributed by atoms with van der Waals surface area (Å²) in [5.41, 5.74) is 0.896. The highest BCUT2D eigenvalue weighted by Crippen LogP contribution is 2.36. The number of likely N-dealkylation sites (tertiary alicyclic amines) is 1. The molecule has 0 radical (unpaired) electrons. The summed E-state index contributed by atoms with van der Waals surface area (Å²) in [6, 6.07) is 12.3. The first-order valence-electron chi connectivity index (χ1n) is 9.65. The minimum absolute atomic E-state index is 0.165. The summed E-state index contributed by atoms with van der Waals surface area (Å²) in [6.45, 7) is -0.740. The maximum absolute atomic E-state index is 12.4. The molecule has 1 fully saturated rings. The Bertz CT molecular complexity index is 960. The van der Waals surface area contributed by atoms with Crippen molar-refractivity contribution in [2.75, 3.05) is 20.2 Å². The summed E-state index contributed by atoms with van der Waals surface area (Å²) in [4.78, 5) is 11.0. The van der Waals surface area contributed by atoms with Gasteiger partial charge in [-0.1, -0.05) is 23.4 Å². The van der Waals surface area contributed by atoms with Gasteiger partial charge >= 0.3 is 6.61 Å². The Labute approximate surface area is 172 Å². The summed E-state index contributed by atoms with van der Waals surface area (Å²) in [5.74, 6) is 1.04. The van der Waals surface area contributed by atoms with E-state index >= 15 is 0 Å². The van der Waals surface area contributed by atoms with Gasteiger partial charge in [0.25, 0.3) is 5.89 Å². The Morgan fingerprint density at radius 3 is 2.70 bits per heavy atom. The first kappa shape index (κ1) is 20.4. The van der Waals surface area contributed by atoms with Crippen LogP contribution in [0.25, 0.3) is 11.5 Å². The summed E-state index contributed by atoms with van der Waals surface area (Å²) >= 11 is 0. The van der Waals surface area contributed by atoms with Gasteiger partial charge in [0, 0.05) is 32.9 Å². The minimum Gasteiger partial charge on any atom is -0.435 e. The molecule has 1 aliphatic rings. The van der Waals surface area contributed by atoms with Gasteiger partial charge in [0.2, 0.25) is 5.82 Å². The highest BCUT2D eigenvalue weighted by molar-refractivity contribution is 5.47.